The van der Waals surface area contributed by atoms with Crippen molar-refractivity contribution in [3.05, 3.63) is 28.8 Å². The molecule has 0 aliphatic carbocycles. The molecule has 0 fully saturated rings. The van der Waals surface area contributed by atoms with Crippen LogP contribution in [0.3, 0.4) is 0 Å². The molecule has 16 heavy (non-hydrogen) atoms. The second-order valence-electron chi connectivity index (χ2n) is 5.82. The van der Waals surface area contributed by atoms with E-state index in [1.165, 1.54) is 16.7 Å². The third-order valence-corrected chi connectivity index (χ3v) is 2.56. The van der Waals surface area contributed by atoms with E-state index in [1.807, 2.05) is 6.21 Å². The largest absolute Gasteiger partial charge is 0.261 e. The van der Waals surface area contributed by atoms with Gasteiger partial charge in [0.05, 0.1) is 5.69 Å². The summed E-state index contributed by atoms with van der Waals surface area (Å²) in [6.07, 6.45) is 3.06. The van der Waals surface area contributed by atoms with Crippen molar-refractivity contribution in [1.82, 2.24) is 0 Å². The van der Waals surface area contributed by atoms with Crippen LogP contribution in [0.5, 0.6) is 0 Å². The maximum atomic E-state index is 4.61. The van der Waals surface area contributed by atoms with Gasteiger partial charge in [-0.2, -0.15) is 0 Å². The van der Waals surface area contributed by atoms with Gasteiger partial charge in [0.2, 0.25) is 0 Å². The normalized spacial score (nSPS) is 12.4. The van der Waals surface area contributed by atoms with Crippen LogP contribution in [0.15, 0.2) is 17.1 Å². The Morgan fingerprint density at radius 1 is 1.06 bits per heavy atom. The molecule has 0 aliphatic rings. The number of hydrogen-bond acceptors (Lipinski definition) is 1. The Morgan fingerprint density at radius 3 is 2.00 bits per heavy atom. The molecule has 0 heterocycles. The second kappa shape index (κ2) is 4.82. The third-order valence-electron chi connectivity index (χ3n) is 2.56. The molecule has 1 aromatic carbocycles. The van der Waals surface area contributed by atoms with Crippen LogP contribution in [0.25, 0.3) is 0 Å². The first-order valence-electron chi connectivity index (χ1n) is 5.90. The Hall–Kier alpha value is -1.11. The van der Waals surface area contributed by atoms with Gasteiger partial charge in [0.15, 0.2) is 0 Å². The summed E-state index contributed by atoms with van der Waals surface area (Å²) in [4.78, 5) is 4.61. The summed E-state index contributed by atoms with van der Waals surface area (Å²) in [6, 6.07) is 4.38. The van der Waals surface area contributed by atoms with Crippen LogP contribution in [0.4, 0.5) is 5.69 Å². The Kier molecular flexibility index (Phi) is 3.90. The van der Waals surface area contributed by atoms with E-state index in [-0.39, 0.29) is 0 Å². The number of nitrogens with zero attached hydrogens (tertiary/aromatic N) is 1. The Bertz CT molecular complexity index is 371. The maximum Gasteiger partial charge on any atom is 0.0684 e. The summed E-state index contributed by atoms with van der Waals surface area (Å²) in [6.45, 7) is 13.1. The van der Waals surface area contributed by atoms with Gasteiger partial charge in [-0.05, 0) is 43.7 Å². The fourth-order valence-electron chi connectivity index (χ4n) is 1.79. The quantitative estimate of drug-likeness (QED) is 0.634. The lowest BCUT2D eigenvalue weighted by Gasteiger charge is -2.14. The molecule has 0 radical (unpaired) electrons. The van der Waals surface area contributed by atoms with Crippen molar-refractivity contribution in [3.63, 3.8) is 0 Å². The van der Waals surface area contributed by atoms with E-state index in [1.54, 1.807) is 0 Å². The van der Waals surface area contributed by atoms with Gasteiger partial charge in [0, 0.05) is 6.21 Å². The molecule has 1 aromatic rings. The van der Waals surface area contributed by atoms with Gasteiger partial charge in [-0.25, -0.2) is 0 Å². The number of hydrogen-bond donors (Lipinski definition) is 0. The van der Waals surface area contributed by atoms with E-state index < -0.39 is 0 Å². The molecule has 0 spiro atoms. The lowest BCUT2D eigenvalue weighted by atomic mass is 9.93. The van der Waals surface area contributed by atoms with Crippen LogP contribution < -0.4 is 0 Å². The molecule has 0 bridgehead atoms. The molecule has 0 amide bonds. The van der Waals surface area contributed by atoms with E-state index in [2.05, 4.69) is 58.7 Å². The molecule has 0 N–H and O–H groups in total. The van der Waals surface area contributed by atoms with Crippen LogP contribution in [0.1, 0.15) is 43.9 Å². The molecule has 0 saturated carbocycles. The van der Waals surface area contributed by atoms with Crippen LogP contribution in [0.2, 0.25) is 0 Å². The molecule has 1 nitrogen and oxygen atoms in total. The maximum absolute atomic E-state index is 4.61. The molecule has 0 unspecified atom stereocenters. The SMILES string of the molecule is Cc1cc(C)c(/N=C/CC(C)(C)C)c(C)c1. The molecule has 1 heteroatoms. The van der Waals surface area contributed by atoms with Crippen molar-refractivity contribution in [2.45, 2.75) is 48.0 Å². The van der Waals surface area contributed by atoms with Gasteiger partial charge < -0.3 is 0 Å². The zero-order valence-corrected chi connectivity index (χ0v) is 11.4. The number of rotatable bonds is 2. The molecule has 1 rings (SSSR count). The van der Waals surface area contributed by atoms with E-state index in [0.717, 1.165) is 12.1 Å². The standard InChI is InChI=1S/C15H23N/c1-11-9-12(2)14(13(3)10-11)16-8-7-15(4,5)6/h8-10H,7H2,1-6H3/b16-8+. The lowest BCUT2D eigenvalue weighted by Crippen LogP contribution is -2.04. The molecule has 0 aromatic heterocycles. The molecular weight excluding hydrogens is 194 g/mol. The first kappa shape index (κ1) is 13.0. The smallest absolute Gasteiger partial charge is 0.0684 e. The first-order chi connectivity index (χ1) is 7.29. The zero-order valence-electron chi connectivity index (χ0n) is 11.4. The van der Waals surface area contributed by atoms with E-state index in [4.69, 9.17) is 0 Å². The average Bonchev–Trinajstić information content (AvgIpc) is 2.07. The van der Waals surface area contributed by atoms with Gasteiger partial charge in [-0.15, -0.1) is 0 Å². The van der Waals surface area contributed by atoms with Crippen molar-refractivity contribution in [3.8, 4) is 0 Å². The van der Waals surface area contributed by atoms with E-state index in [0.29, 0.717) is 5.41 Å². The van der Waals surface area contributed by atoms with Crippen molar-refractivity contribution < 1.29 is 0 Å². The number of benzene rings is 1. The Labute approximate surface area is 99.6 Å². The minimum atomic E-state index is 0.315. The molecular formula is C15H23N. The van der Waals surface area contributed by atoms with Crippen molar-refractivity contribution >= 4 is 11.9 Å². The van der Waals surface area contributed by atoms with Crippen LogP contribution in [-0.2, 0) is 0 Å². The summed E-state index contributed by atoms with van der Waals surface area (Å²) in [5.41, 5.74) is 5.29. The molecule has 88 valence electrons. The van der Waals surface area contributed by atoms with Gasteiger partial charge in [-0.1, -0.05) is 38.5 Å². The molecule has 0 aliphatic heterocycles. The monoisotopic (exact) mass is 217 g/mol. The minimum absolute atomic E-state index is 0.315. The highest BCUT2D eigenvalue weighted by molar-refractivity contribution is 5.67. The fraction of sp³-hybridized carbons (Fsp3) is 0.533. The van der Waals surface area contributed by atoms with E-state index in [9.17, 15) is 0 Å². The summed E-state index contributed by atoms with van der Waals surface area (Å²) in [5.74, 6) is 0. The lowest BCUT2D eigenvalue weighted by molar-refractivity contribution is 0.437. The molecule has 0 atom stereocenters. The van der Waals surface area contributed by atoms with Crippen molar-refractivity contribution in [2.75, 3.05) is 0 Å². The first-order valence-corrected chi connectivity index (χ1v) is 5.90. The van der Waals surface area contributed by atoms with Gasteiger partial charge in [0.25, 0.3) is 0 Å². The van der Waals surface area contributed by atoms with Gasteiger partial charge in [0.1, 0.15) is 0 Å². The summed E-state index contributed by atoms with van der Waals surface area (Å²) < 4.78 is 0. The van der Waals surface area contributed by atoms with Gasteiger partial charge >= 0.3 is 0 Å². The third kappa shape index (κ3) is 3.80. The Morgan fingerprint density at radius 2 is 1.56 bits per heavy atom. The highest BCUT2D eigenvalue weighted by Crippen LogP contribution is 2.25. The number of aliphatic imine (C=N–C) groups is 1. The van der Waals surface area contributed by atoms with Crippen LogP contribution >= 0.6 is 0 Å². The second-order valence-corrected chi connectivity index (χ2v) is 5.82. The fourth-order valence-corrected chi connectivity index (χ4v) is 1.79. The van der Waals surface area contributed by atoms with Crippen LogP contribution in [0, 0.1) is 26.2 Å². The highest BCUT2D eigenvalue weighted by atomic mass is 14.7. The van der Waals surface area contributed by atoms with Crippen molar-refractivity contribution in [1.29, 1.82) is 0 Å². The average molecular weight is 217 g/mol. The summed E-state index contributed by atoms with van der Waals surface area (Å²) >= 11 is 0. The zero-order chi connectivity index (χ0) is 12.3. The minimum Gasteiger partial charge on any atom is -0.261 e. The van der Waals surface area contributed by atoms with E-state index >= 15 is 0 Å². The predicted molar refractivity (Wildman–Crippen MR) is 72.9 cm³/mol. The predicted octanol–water partition coefficient (Wildman–Crippen LogP) is 4.75. The van der Waals surface area contributed by atoms with Gasteiger partial charge in [-0.3, -0.25) is 4.99 Å². The Balaban J connectivity index is 2.90. The highest BCUT2D eigenvalue weighted by Gasteiger charge is 2.07. The number of aryl methyl sites for hydroxylation is 3. The summed E-state index contributed by atoms with van der Waals surface area (Å²) in [5, 5.41) is 0. The topological polar surface area (TPSA) is 12.4 Å². The summed E-state index contributed by atoms with van der Waals surface area (Å²) in [7, 11) is 0. The molecule has 0 saturated heterocycles. The van der Waals surface area contributed by atoms with Crippen LogP contribution in [-0.4, -0.2) is 6.21 Å². The van der Waals surface area contributed by atoms with Crippen molar-refractivity contribution in [2.24, 2.45) is 10.4 Å².